The molecule has 0 spiro atoms. The molecular formula is C11H9NO6S. The molecule has 0 fully saturated rings. The standard InChI is InChI=1S/C11H9NO6S/c13-8-3-1-2-4-9(8)18-5-7-6-19(16,17)10(12-7)11(14)15/h1-4,6,13H,5H2,(H,14,15). The second kappa shape index (κ2) is 4.73. The fraction of sp³-hybridized carbons (Fsp3) is 0.0909. The van der Waals surface area contributed by atoms with Crippen molar-refractivity contribution in [1.29, 1.82) is 0 Å². The Morgan fingerprint density at radius 3 is 2.58 bits per heavy atom. The van der Waals surface area contributed by atoms with Crippen LogP contribution in [0.1, 0.15) is 0 Å². The van der Waals surface area contributed by atoms with E-state index in [0.29, 0.717) is 0 Å². The Hall–Kier alpha value is -2.35. The van der Waals surface area contributed by atoms with Crippen molar-refractivity contribution >= 4 is 20.9 Å². The average molecular weight is 283 g/mol. The third-order valence-corrected chi connectivity index (χ3v) is 3.62. The highest BCUT2D eigenvalue weighted by atomic mass is 32.2. The number of para-hydroxylation sites is 2. The number of phenols is 1. The molecular weight excluding hydrogens is 274 g/mol. The summed E-state index contributed by atoms with van der Waals surface area (Å²) < 4.78 is 28.0. The molecule has 0 aliphatic carbocycles. The summed E-state index contributed by atoms with van der Waals surface area (Å²) in [5, 5.41) is 17.9. The molecule has 2 N–H and O–H groups in total. The van der Waals surface area contributed by atoms with Crippen LogP contribution in [0.5, 0.6) is 11.5 Å². The summed E-state index contributed by atoms with van der Waals surface area (Å²) in [5.41, 5.74) is -0.0411. The van der Waals surface area contributed by atoms with Gasteiger partial charge in [-0.25, -0.2) is 18.2 Å². The molecule has 0 radical (unpaired) electrons. The highest BCUT2D eigenvalue weighted by molar-refractivity contribution is 8.11. The van der Waals surface area contributed by atoms with Crippen LogP contribution in [0.3, 0.4) is 0 Å². The Balaban J connectivity index is 2.15. The molecule has 0 saturated carbocycles. The number of aliphatic carboxylic acids is 1. The van der Waals surface area contributed by atoms with E-state index in [-0.39, 0.29) is 23.8 Å². The summed E-state index contributed by atoms with van der Waals surface area (Å²) >= 11 is 0. The van der Waals surface area contributed by atoms with Gasteiger partial charge in [-0.05, 0) is 12.1 Å². The number of aliphatic imine (C=N–C) groups is 1. The number of carboxylic acid groups (broad SMARTS) is 1. The van der Waals surface area contributed by atoms with Crippen LogP contribution in [0.4, 0.5) is 0 Å². The van der Waals surface area contributed by atoms with Crippen molar-refractivity contribution in [1.82, 2.24) is 0 Å². The monoisotopic (exact) mass is 283 g/mol. The summed E-state index contributed by atoms with van der Waals surface area (Å²) in [6.07, 6.45) is 0. The summed E-state index contributed by atoms with van der Waals surface area (Å²) in [4.78, 5) is 14.1. The van der Waals surface area contributed by atoms with Gasteiger partial charge in [0, 0.05) is 0 Å². The number of nitrogens with zero attached hydrogens (tertiary/aromatic N) is 1. The Morgan fingerprint density at radius 1 is 1.32 bits per heavy atom. The van der Waals surface area contributed by atoms with E-state index in [1.165, 1.54) is 12.1 Å². The molecule has 0 amide bonds. The van der Waals surface area contributed by atoms with E-state index in [1.807, 2.05) is 0 Å². The second-order valence-electron chi connectivity index (χ2n) is 3.63. The molecule has 0 bridgehead atoms. The van der Waals surface area contributed by atoms with E-state index in [2.05, 4.69) is 4.99 Å². The Kier molecular flexibility index (Phi) is 3.26. The lowest BCUT2D eigenvalue weighted by Gasteiger charge is -2.06. The van der Waals surface area contributed by atoms with E-state index >= 15 is 0 Å². The van der Waals surface area contributed by atoms with E-state index in [9.17, 15) is 18.3 Å². The zero-order valence-corrected chi connectivity index (χ0v) is 10.3. The Labute approximate surface area is 108 Å². The van der Waals surface area contributed by atoms with Crippen LogP contribution in [0.2, 0.25) is 0 Å². The molecule has 8 heteroatoms. The summed E-state index contributed by atoms with van der Waals surface area (Å²) in [6, 6.07) is 6.12. The average Bonchev–Trinajstić information content (AvgIpc) is 2.63. The lowest BCUT2D eigenvalue weighted by Crippen LogP contribution is -2.19. The molecule has 1 aliphatic rings. The third-order valence-electron chi connectivity index (χ3n) is 2.23. The highest BCUT2D eigenvalue weighted by Crippen LogP contribution is 2.25. The molecule has 1 heterocycles. The van der Waals surface area contributed by atoms with E-state index < -0.39 is 20.9 Å². The zero-order chi connectivity index (χ0) is 14.0. The summed E-state index contributed by atoms with van der Waals surface area (Å²) in [7, 11) is -4.00. The van der Waals surface area contributed by atoms with Crippen LogP contribution in [-0.2, 0) is 14.6 Å². The molecule has 0 saturated heterocycles. The van der Waals surface area contributed by atoms with Gasteiger partial charge in [-0.3, -0.25) is 0 Å². The first-order valence-corrected chi connectivity index (χ1v) is 6.63. The first kappa shape index (κ1) is 13.1. The number of hydrogen-bond donors (Lipinski definition) is 2. The molecule has 100 valence electrons. The van der Waals surface area contributed by atoms with Gasteiger partial charge in [0.05, 0.1) is 11.1 Å². The summed E-state index contributed by atoms with van der Waals surface area (Å²) in [6.45, 7) is -0.256. The summed E-state index contributed by atoms with van der Waals surface area (Å²) in [5.74, 6) is -1.57. The van der Waals surface area contributed by atoms with Crippen molar-refractivity contribution in [3.63, 3.8) is 0 Å². The Morgan fingerprint density at radius 2 is 2.00 bits per heavy atom. The van der Waals surface area contributed by atoms with Crippen LogP contribution in [0.15, 0.2) is 40.4 Å². The molecule has 7 nitrogen and oxygen atoms in total. The highest BCUT2D eigenvalue weighted by Gasteiger charge is 2.31. The van der Waals surface area contributed by atoms with Crippen LogP contribution >= 0.6 is 0 Å². The number of ether oxygens (including phenoxy) is 1. The van der Waals surface area contributed by atoms with E-state index in [4.69, 9.17) is 9.84 Å². The number of carbonyl (C=O) groups is 1. The van der Waals surface area contributed by atoms with Gasteiger partial charge in [0.25, 0.3) is 0 Å². The number of phenolic OH excluding ortho intramolecular Hbond substituents is 1. The molecule has 1 aromatic carbocycles. The van der Waals surface area contributed by atoms with Crippen molar-refractivity contribution in [2.24, 2.45) is 4.99 Å². The van der Waals surface area contributed by atoms with Crippen molar-refractivity contribution in [3.05, 3.63) is 35.4 Å². The smallest absolute Gasteiger partial charge is 0.366 e. The van der Waals surface area contributed by atoms with Crippen LogP contribution in [0.25, 0.3) is 0 Å². The van der Waals surface area contributed by atoms with Gasteiger partial charge >= 0.3 is 5.97 Å². The van der Waals surface area contributed by atoms with E-state index in [0.717, 1.165) is 5.41 Å². The molecule has 0 unspecified atom stereocenters. The number of hydrogen-bond acceptors (Lipinski definition) is 6. The zero-order valence-electron chi connectivity index (χ0n) is 9.48. The van der Waals surface area contributed by atoms with Crippen LogP contribution in [-0.4, -0.2) is 36.3 Å². The van der Waals surface area contributed by atoms with Gasteiger partial charge < -0.3 is 14.9 Å². The quantitative estimate of drug-likeness (QED) is 0.833. The molecule has 19 heavy (non-hydrogen) atoms. The molecule has 2 rings (SSSR count). The maximum absolute atomic E-state index is 11.4. The first-order valence-electron chi connectivity index (χ1n) is 5.08. The van der Waals surface area contributed by atoms with E-state index in [1.54, 1.807) is 12.1 Å². The molecule has 0 aromatic heterocycles. The largest absolute Gasteiger partial charge is 0.504 e. The number of benzene rings is 1. The van der Waals surface area contributed by atoms with Gasteiger partial charge in [0.1, 0.15) is 6.61 Å². The molecule has 1 aromatic rings. The lowest BCUT2D eigenvalue weighted by atomic mass is 10.3. The van der Waals surface area contributed by atoms with Crippen molar-refractivity contribution in [3.8, 4) is 11.5 Å². The van der Waals surface area contributed by atoms with Gasteiger partial charge in [0.15, 0.2) is 11.5 Å². The van der Waals surface area contributed by atoms with Crippen LogP contribution in [0, 0.1) is 0 Å². The minimum absolute atomic E-state index is 0.0411. The maximum Gasteiger partial charge on any atom is 0.366 e. The van der Waals surface area contributed by atoms with Gasteiger partial charge in [-0.15, -0.1) is 0 Å². The fourth-order valence-corrected chi connectivity index (χ4v) is 2.50. The predicted octanol–water partition coefficient (Wildman–Crippen LogP) is 0.524. The topological polar surface area (TPSA) is 113 Å². The number of rotatable bonds is 4. The SMILES string of the molecule is O=C(O)C1=NC(COc2ccccc2O)=CS1(=O)=O. The van der Waals surface area contributed by atoms with Gasteiger partial charge in [-0.1, -0.05) is 12.1 Å². The third kappa shape index (κ3) is 2.74. The normalized spacial score (nSPS) is 16.6. The number of sulfone groups is 1. The number of aromatic hydroxyl groups is 1. The molecule has 0 atom stereocenters. The van der Waals surface area contributed by atoms with Gasteiger partial charge in [0.2, 0.25) is 14.9 Å². The van der Waals surface area contributed by atoms with Crippen molar-refractivity contribution in [2.45, 2.75) is 0 Å². The van der Waals surface area contributed by atoms with Crippen molar-refractivity contribution in [2.75, 3.05) is 6.61 Å². The number of carboxylic acids is 1. The lowest BCUT2D eigenvalue weighted by molar-refractivity contribution is -0.129. The minimum Gasteiger partial charge on any atom is -0.504 e. The second-order valence-corrected chi connectivity index (χ2v) is 5.35. The Bertz CT molecular complexity index is 689. The molecule has 1 aliphatic heterocycles. The van der Waals surface area contributed by atoms with Gasteiger partial charge in [-0.2, -0.15) is 0 Å². The minimum atomic E-state index is -4.00. The van der Waals surface area contributed by atoms with Crippen molar-refractivity contribution < 1.29 is 28.2 Å². The fourth-order valence-electron chi connectivity index (χ4n) is 1.42. The predicted molar refractivity (Wildman–Crippen MR) is 65.7 cm³/mol. The maximum atomic E-state index is 11.4. The van der Waals surface area contributed by atoms with Crippen LogP contribution < -0.4 is 4.74 Å². The first-order chi connectivity index (χ1) is 8.90.